The molecule has 3 rings (SSSR count). The normalized spacial score (nSPS) is 27.7. The molecule has 0 bridgehead atoms. The van der Waals surface area contributed by atoms with Crippen molar-refractivity contribution in [1.82, 2.24) is 4.90 Å². The van der Waals surface area contributed by atoms with Crippen LogP contribution in [-0.4, -0.2) is 69.3 Å². The van der Waals surface area contributed by atoms with Crippen molar-refractivity contribution in [2.75, 3.05) is 50.0 Å². The molecule has 0 amide bonds. The van der Waals surface area contributed by atoms with E-state index in [0.29, 0.717) is 13.1 Å². The quantitative estimate of drug-likeness (QED) is 0.834. The Morgan fingerprint density at radius 2 is 1.96 bits per heavy atom. The maximum atomic E-state index is 12.1. The lowest BCUT2D eigenvalue weighted by Crippen LogP contribution is -2.56. The zero-order valence-electron chi connectivity index (χ0n) is 13.9. The van der Waals surface area contributed by atoms with Crippen LogP contribution in [0.1, 0.15) is 13.8 Å². The first-order chi connectivity index (χ1) is 10.9. The van der Waals surface area contributed by atoms with Gasteiger partial charge in [0.25, 0.3) is 0 Å². The lowest BCUT2D eigenvalue weighted by Gasteiger charge is -2.41. The summed E-state index contributed by atoms with van der Waals surface area (Å²) >= 11 is 0. The molecule has 2 saturated heterocycles. The fourth-order valence-corrected chi connectivity index (χ4v) is 4.82. The Hall–Kier alpha value is -1.11. The van der Waals surface area contributed by atoms with Crippen LogP contribution in [-0.2, 0) is 14.6 Å². The topological polar surface area (TPSA) is 49.9 Å². The molecule has 0 saturated carbocycles. The van der Waals surface area contributed by atoms with Crippen LogP contribution in [0.15, 0.2) is 30.3 Å². The minimum Gasteiger partial charge on any atom is -0.373 e. The van der Waals surface area contributed by atoms with E-state index in [1.165, 1.54) is 5.69 Å². The van der Waals surface area contributed by atoms with Gasteiger partial charge in [0.1, 0.15) is 0 Å². The summed E-state index contributed by atoms with van der Waals surface area (Å²) in [5.74, 6) is 0.245. The minimum atomic E-state index is -2.98. The number of sulfone groups is 1. The van der Waals surface area contributed by atoms with E-state index in [2.05, 4.69) is 34.1 Å². The number of morpholine rings is 1. The van der Waals surface area contributed by atoms with Crippen molar-refractivity contribution >= 4 is 15.5 Å². The Morgan fingerprint density at radius 1 is 1.22 bits per heavy atom. The molecule has 128 valence electrons. The zero-order chi connectivity index (χ0) is 16.5. The van der Waals surface area contributed by atoms with E-state index in [4.69, 9.17) is 4.74 Å². The van der Waals surface area contributed by atoms with E-state index in [1.807, 2.05) is 19.9 Å². The lowest BCUT2D eigenvalue weighted by atomic mass is 10.1. The van der Waals surface area contributed by atoms with Crippen LogP contribution < -0.4 is 4.90 Å². The molecule has 0 spiro atoms. The van der Waals surface area contributed by atoms with Gasteiger partial charge in [-0.05, 0) is 26.0 Å². The second kappa shape index (κ2) is 6.42. The molecule has 2 fully saturated rings. The first-order valence-electron chi connectivity index (χ1n) is 8.24. The van der Waals surface area contributed by atoms with Crippen molar-refractivity contribution in [2.24, 2.45) is 0 Å². The molecule has 0 aliphatic carbocycles. The molecule has 1 aromatic carbocycles. The van der Waals surface area contributed by atoms with E-state index in [-0.39, 0.29) is 11.9 Å². The maximum absolute atomic E-state index is 12.1. The molecule has 0 radical (unpaired) electrons. The molecule has 1 atom stereocenters. The maximum Gasteiger partial charge on any atom is 0.157 e. The second-order valence-corrected chi connectivity index (χ2v) is 9.83. The van der Waals surface area contributed by atoms with Gasteiger partial charge in [0.05, 0.1) is 23.2 Å². The highest BCUT2D eigenvalue weighted by Gasteiger charge is 2.40. The summed E-state index contributed by atoms with van der Waals surface area (Å²) < 4.78 is 29.5. The number of benzene rings is 1. The SMILES string of the molecule is CC1(C)CN(CC2CN(c3ccccc3)CCO2)CCS1(=O)=O. The fraction of sp³-hybridized carbons (Fsp3) is 0.647. The van der Waals surface area contributed by atoms with E-state index < -0.39 is 14.6 Å². The van der Waals surface area contributed by atoms with Gasteiger partial charge in [-0.25, -0.2) is 8.42 Å². The third-order valence-electron chi connectivity index (χ3n) is 4.84. The van der Waals surface area contributed by atoms with Gasteiger partial charge in [-0.2, -0.15) is 0 Å². The number of ether oxygens (including phenoxy) is 1. The van der Waals surface area contributed by atoms with Gasteiger partial charge in [-0.1, -0.05) is 18.2 Å². The van der Waals surface area contributed by atoms with Gasteiger partial charge in [0.2, 0.25) is 0 Å². The van der Waals surface area contributed by atoms with Crippen LogP contribution in [0.2, 0.25) is 0 Å². The predicted octanol–water partition coefficient (Wildman–Crippen LogP) is 1.40. The molecular formula is C17H26N2O3S. The summed E-state index contributed by atoms with van der Waals surface area (Å²) in [6, 6.07) is 10.4. The van der Waals surface area contributed by atoms with Crippen molar-refractivity contribution < 1.29 is 13.2 Å². The third-order valence-corrected chi connectivity index (χ3v) is 7.38. The number of rotatable bonds is 3. The Balaban J connectivity index is 1.60. The van der Waals surface area contributed by atoms with Crippen molar-refractivity contribution in [1.29, 1.82) is 0 Å². The van der Waals surface area contributed by atoms with Crippen LogP contribution in [0.3, 0.4) is 0 Å². The van der Waals surface area contributed by atoms with Gasteiger partial charge in [-0.15, -0.1) is 0 Å². The Labute approximate surface area is 139 Å². The molecule has 2 aliphatic rings. The first kappa shape index (κ1) is 16.7. The van der Waals surface area contributed by atoms with Crippen LogP contribution in [0.4, 0.5) is 5.69 Å². The average Bonchev–Trinajstić information content (AvgIpc) is 2.52. The number of para-hydroxylation sites is 1. The van der Waals surface area contributed by atoms with Crippen LogP contribution in [0.25, 0.3) is 0 Å². The summed E-state index contributed by atoms with van der Waals surface area (Å²) in [7, 11) is -2.98. The fourth-order valence-electron chi connectivity index (χ4n) is 3.39. The highest BCUT2D eigenvalue weighted by molar-refractivity contribution is 7.92. The third kappa shape index (κ3) is 3.70. The summed E-state index contributed by atoms with van der Waals surface area (Å²) in [5, 5.41) is 0. The number of anilines is 1. The molecule has 0 aromatic heterocycles. The molecule has 2 heterocycles. The highest BCUT2D eigenvalue weighted by atomic mass is 32.2. The predicted molar refractivity (Wildman–Crippen MR) is 92.7 cm³/mol. The Morgan fingerprint density at radius 3 is 2.65 bits per heavy atom. The Bertz CT molecular complexity index is 630. The molecule has 1 aromatic rings. The van der Waals surface area contributed by atoms with Crippen molar-refractivity contribution in [3.05, 3.63) is 30.3 Å². The smallest absolute Gasteiger partial charge is 0.157 e. The van der Waals surface area contributed by atoms with Crippen LogP contribution in [0.5, 0.6) is 0 Å². The summed E-state index contributed by atoms with van der Waals surface area (Å²) in [4.78, 5) is 4.58. The van der Waals surface area contributed by atoms with Gasteiger partial charge in [0, 0.05) is 38.4 Å². The van der Waals surface area contributed by atoms with Gasteiger partial charge in [0.15, 0.2) is 9.84 Å². The van der Waals surface area contributed by atoms with E-state index in [9.17, 15) is 8.42 Å². The largest absolute Gasteiger partial charge is 0.373 e. The average molecular weight is 338 g/mol. The molecule has 1 unspecified atom stereocenters. The minimum absolute atomic E-state index is 0.126. The first-order valence-corrected chi connectivity index (χ1v) is 9.89. The second-order valence-electron chi connectivity index (χ2n) is 7.09. The lowest BCUT2D eigenvalue weighted by molar-refractivity contribution is 0.0144. The van der Waals surface area contributed by atoms with E-state index in [0.717, 1.165) is 26.2 Å². The summed E-state index contributed by atoms with van der Waals surface area (Å²) in [5.41, 5.74) is 1.22. The van der Waals surface area contributed by atoms with Gasteiger partial charge in [-0.3, -0.25) is 4.90 Å². The van der Waals surface area contributed by atoms with Crippen molar-refractivity contribution in [3.63, 3.8) is 0 Å². The van der Waals surface area contributed by atoms with E-state index in [1.54, 1.807) is 0 Å². The zero-order valence-corrected chi connectivity index (χ0v) is 14.8. The molecule has 0 N–H and O–H groups in total. The molecular weight excluding hydrogens is 312 g/mol. The summed E-state index contributed by atoms with van der Waals surface area (Å²) in [6.45, 7) is 8.11. The molecule has 6 heteroatoms. The monoisotopic (exact) mass is 338 g/mol. The molecule has 2 aliphatic heterocycles. The van der Waals surface area contributed by atoms with Gasteiger partial charge < -0.3 is 9.64 Å². The van der Waals surface area contributed by atoms with Gasteiger partial charge >= 0.3 is 0 Å². The highest BCUT2D eigenvalue weighted by Crippen LogP contribution is 2.25. The standard InChI is InChI=1S/C17H26N2O3S/c1-17(2)14-18(9-11-23(17,20)21)12-16-13-19(8-10-22-16)15-6-4-3-5-7-15/h3-7,16H,8-14H2,1-2H3. The van der Waals surface area contributed by atoms with E-state index >= 15 is 0 Å². The van der Waals surface area contributed by atoms with Crippen LogP contribution in [0, 0.1) is 0 Å². The number of nitrogens with zero attached hydrogens (tertiary/aromatic N) is 2. The van der Waals surface area contributed by atoms with Crippen molar-refractivity contribution in [3.8, 4) is 0 Å². The molecule has 23 heavy (non-hydrogen) atoms. The number of hydrogen-bond acceptors (Lipinski definition) is 5. The Kier molecular flexibility index (Phi) is 4.67. The summed E-state index contributed by atoms with van der Waals surface area (Å²) in [6.07, 6.45) is 0.126. The van der Waals surface area contributed by atoms with Crippen LogP contribution >= 0.6 is 0 Å². The van der Waals surface area contributed by atoms with Crippen molar-refractivity contribution in [2.45, 2.75) is 24.7 Å². The number of hydrogen-bond donors (Lipinski definition) is 0. The molecule has 5 nitrogen and oxygen atoms in total.